The molecule has 0 amide bonds. The van der Waals surface area contributed by atoms with Crippen LogP contribution in [0, 0.1) is 24.0 Å². The van der Waals surface area contributed by atoms with Crippen LogP contribution in [-0.4, -0.2) is 73.5 Å². The molecule has 2 aromatic rings. The van der Waals surface area contributed by atoms with Crippen LogP contribution in [0.4, 0.5) is 11.4 Å². The van der Waals surface area contributed by atoms with Crippen LogP contribution in [0.5, 0.6) is 0 Å². The van der Waals surface area contributed by atoms with Gasteiger partial charge < -0.3 is 4.90 Å². The van der Waals surface area contributed by atoms with Gasteiger partial charge in [-0.2, -0.15) is 9.40 Å². The molecular formula is C19H25N5O6S2. The second kappa shape index (κ2) is 8.12. The number of aromatic nitrogens is 2. The zero-order chi connectivity index (χ0) is 23.3. The number of sulfonamides is 1. The smallest absolute Gasteiger partial charge is 0.269 e. The molecule has 1 unspecified atom stereocenters. The standard InChI is InChI=1S/C19H25N5O6S2/c1-14-19(15(2)23(20-14)17-7-12-31(27,28)13-17)21-8-10-22(11-9-21)32(29,30)18-5-3-16(4-6-18)24(25)26/h3-6,17H,7-13H2,1-2H3. The third kappa shape index (κ3) is 4.11. The predicted octanol–water partition coefficient (Wildman–Crippen LogP) is 1.28. The monoisotopic (exact) mass is 483 g/mol. The van der Waals surface area contributed by atoms with Crippen LogP contribution in [-0.2, 0) is 19.9 Å². The highest BCUT2D eigenvalue weighted by Crippen LogP contribution is 2.32. The molecule has 2 fully saturated rings. The van der Waals surface area contributed by atoms with Gasteiger partial charge >= 0.3 is 0 Å². The van der Waals surface area contributed by atoms with Crippen molar-refractivity contribution in [1.82, 2.24) is 14.1 Å². The third-order valence-electron chi connectivity index (χ3n) is 6.08. The summed E-state index contributed by atoms with van der Waals surface area (Å²) < 4.78 is 52.8. The summed E-state index contributed by atoms with van der Waals surface area (Å²) in [4.78, 5) is 12.4. The van der Waals surface area contributed by atoms with E-state index >= 15 is 0 Å². The molecule has 13 heteroatoms. The molecule has 11 nitrogen and oxygen atoms in total. The van der Waals surface area contributed by atoms with Gasteiger partial charge in [-0.05, 0) is 32.4 Å². The highest BCUT2D eigenvalue weighted by Gasteiger charge is 2.34. The quantitative estimate of drug-likeness (QED) is 0.458. The molecule has 0 saturated carbocycles. The van der Waals surface area contributed by atoms with Gasteiger partial charge in [0.1, 0.15) is 0 Å². The van der Waals surface area contributed by atoms with Crippen molar-refractivity contribution in [3.8, 4) is 0 Å². The number of nitro groups is 1. The van der Waals surface area contributed by atoms with Crippen LogP contribution < -0.4 is 4.90 Å². The Bertz CT molecular complexity index is 1250. The molecule has 0 aliphatic carbocycles. The van der Waals surface area contributed by atoms with E-state index in [1.54, 1.807) is 4.68 Å². The maximum atomic E-state index is 12.9. The van der Waals surface area contributed by atoms with E-state index in [9.17, 15) is 26.9 Å². The van der Waals surface area contributed by atoms with Gasteiger partial charge in [-0.1, -0.05) is 0 Å². The van der Waals surface area contributed by atoms with E-state index in [2.05, 4.69) is 10.00 Å². The molecule has 2 saturated heterocycles. The zero-order valence-electron chi connectivity index (χ0n) is 17.8. The normalized spacial score (nSPS) is 21.7. The molecule has 174 valence electrons. The van der Waals surface area contributed by atoms with Crippen molar-refractivity contribution < 1.29 is 21.8 Å². The van der Waals surface area contributed by atoms with E-state index in [0.29, 0.717) is 19.5 Å². The van der Waals surface area contributed by atoms with Crippen molar-refractivity contribution >= 4 is 31.2 Å². The van der Waals surface area contributed by atoms with Gasteiger partial charge in [0.15, 0.2) is 9.84 Å². The average Bonchev–Trinajstić information content (AvgIpc) is 3.26. The molecule has 0 spiro atoms. The number of piperazine rings is 1. The largest absolute Gasteiger partial charge is 0.366 e. The third-order valence-corrected chi connectivity index (χ3v) is 9.74. The summed E-state index contributed by atoms with van der Waals surface area (Å²) in [7, 11) is -6.79. The number of benzene rings is 1. The van der Waals surface area contributed by atoms with E-state index in [4.69, 9.17) is 0 Å². The molecule has 32 heavy (non-hydrogen) atoms. The van der Waals surface area contributed by atoms with Crippen LogP contribution in [0.25, 0.3) is 0 Å². The predicted molar refractivity (Wildman–Crippen MR) is 118 cm³/mol. The lowest BCUT2D eigenvalue weighted by Gasteiger charge is -2.35. The summed E-state index contributed by atoms with van der Waals surface area (Å²) in [6.45, 7) is 5.25. The summed E-state index contributed by atoms with van der Waals surface area (Å²) >= 11 is 0. The lowest BCUT2D eigenvalue weighted by atomic mass is 10.2. The summed E-state index contributed by atoms with van der Waals surface area (Å²) in [5.74, 6) is 0.264. The summed E-state index contributed by atoms with van der Waals surface area (Å²) in [6, 6.07) is 4.72. The Morgan fingerprint density at radius 3 is 2.25 bits per heavy atom. The molecule has 2 aliphatic rings. The van der Waals surface area contributed by atoms with Crippen molar-refractivity contribution in [3.63, 3.8) is 0 Å². The lowest BCUT2D eigenvalue weighted by Crippen LogP contribution is -2.49. The average molecular weight is 484 g/mol. The fraction of sp³-hybridized carbons (Fsp3) is 0.526. The van der Waals surface area contributed by atoms with Gasteiger partial charge in [-0.3, -0.25) is 14.8 Å². The number of non-ortho nitro benzene ring substituents is 1. The Morgan fingerprint density at radius 1 is 1.09 bits per heavy atom. The summed E-state index contributed by atoms with van der Waals surface area (Å²) in [5, 5.41) is 15.4. The highest BCUT2D eigenvalue weighted by molar-refractivity contribution is 7.91. The SMILES string of the molecule is Cc1nn(C2CCS(=O)(=O)C2)c(C)c1N1CCN(S(=O)(=O)c2ccc([N+](=O)[O-])cc2)CC1. The van der Waals surface area contributed by atoms with Crippen molar-refractivity contribution in [2.45, 2.75) is 31.2 Å². The van der Waals surface area contributed by atoms with Crippen molar-refractivity contribution in [2.75, 3.05) is 42.6 Å². The molecule has 1 aromatic carbocycles. The number of sulfone groups is 1. The molecule has 1 atom stereocenters. The Hall–Kier alpha value is -2.51. The second-order valence-corrected chi connectivity index (χ2v) is 12.3. The van der Waals surface area contributed by atoms with Gasteiger partial charge in [0, 0.05) is 38.3 Å². The number of nitrogens with zero attached hydrogens (tertiary/aromatic N) is 5. The Labute approximate surface area is 186 Å². The number of nitro benzene ring substituents is 1. The van der Waals surface area contributed by atoms with Crippen molar-refractivity contribution in [3.05, 3.63) is 45.8 Å². The number of hydrogen-bond donors (Lipinski definition) is 0. The Kier molecular flexibility index (Phi) is 5.75. The fourth-order valence-electron chi connectivity index (χ4n) is 4.48. The van der Waals surface area contributed by atoms with E-state index in [1.165, 1.54) is 28.6 Å². The maximum Gasteiger partial charge on any atom is 0.269 e. The topological polar surface area (TPSA) is 136 Å². The van der Waals surface area contributed by atoms with Crippen LogP contribution in [0.3, 0.4) is 0 Å². The Morgan fingerprint density at radius 2 is 1.72 bits per heavy atom. The zero-order valence-corrected chi connectivity index (χ0v) is 19.5. The van der Waals surface area contributed by atoms with E-state index in [0.717, 1.165) is 17.1 Å². The van der Waals surface area contributed by atoms with Gasteiger partial charge in [0.05, 0.1) is 44.4 Å². The molecule has 2 aliphatic heterocycles. The van der Waals surface area contributed by atoms with Crippen LogP contribution >= 0.6 is 0 Å². The van der Waals surface area contributed by atoms with Gasteiger partial charge in [-0.25, -0.2) is 16.8 Å². The second-order valence-electron chi connectivity index (χ2n) is 8.16. The van der Waals surface area contributed by atoms with Crippen LogP contribution in [0.1, 0.15) is 23.9 Å². The Balaban J connectivity index is 1.49. The van der Waals surface area contributed by atoms with Crippen LogP contribution in [0.15, 0.2) is 29.2 Å². The van der Waals surface area contributed by atoms with Crippen molar-refractivity contribution in [2.24, 2.45) is 0 Å². The molecule has 4 rings (SSSR count). The summed E-state index contributed by atoms with van der Waals surface area (Å²) in [5.41, 5.74) is 2.43. The number of anilines is 1. The first-order valence-corrected chi connectivity index (χ1v) is 13.5. The minimum atomic E-state index is -3.75. The van der Waals surface area contributed by atoms with E-state index < -0.39 is 24.8 Å². The van der Waals surface area contributed by atoms with Crippen LogP contribution in [0.2, 0.25) is 0 Å². The lowest BCUT2D eigenvalue weighted by molar-refractivity contribution is -0.384. The first kappa shape index (κ1) is 22.7. The fourth-order valence-corrected chi connectivity index (χ4v) is 7.59. The maximum absolute atomic E-state index is 12.9. The van der Waals surface area contributed by atoms with Crippen molar-refractivity contribution in [1.29, 1.82) is 0 Å². The van der Waals surface area contributed by atoms with Gasteiger partial charge in [-0.15, -0.1) is 0 Å². The minimum absolute atomic E-state index is 0.0270. The number of hydrogen-bond acceptors (Lipinski definition) is 8. The summed E-state index contributed by atoms with van der Waals surface area (Å²) in [6.07, 6.45) is 0.547. The molecule has 3 heterocycles. The molecule has 0 bridgehead atoms. The number of rotatable bonds is 5. The molecular weight excluding hydrogens is 458 g/mol. The highest BCUT2D eigenvalue weighted by atomic mass is 32.2. The van der Waals surface area contributed by atoms with E-state index in [1.807, 2.05) is 13.8 Å². The minimum Gasteiger partial charge on any atom is -0.366 e. The van der Waals surface area contributed by atoms with E-state index in [-0.39, 0.29) is 41.2 Å². The molecule has 0 radical (unpaired) electrons. The molecule has 0 N–H and O–H groups in total. The van der Waals surface area contributed by atoms with Gasteiger partial charge in [0.2, 0.25) is 10.0 Å². The first-order chi connectivity index (χ1) is 15.0. The van der Waals surface area contributed by atoms with Gasteiger partial charge in [0.25, 0.3) is 5.69 Å². The molecule has 1 aromatic heterocycles. The first-order valence-electron chi connectivity index (χ1n) is 10.3. The number of aryl methyl sites for hydroxylation is 1.